The van der Waals surface area contributed by atoms with E-state index in [1.807, 2.05) is 26.0 Å². The first kappa shape index (κ1) is 9.92. The average molecular weight is 207 g/mol. The van der Waals surface area contributed by atoms with Crippen LogP contribution in [-0.2, 0) is 6.54 Å². The fourth-order valence-corrected chi connectivity index (χ4v) is 1.30. The largest absolute Gasteiger partial charge is 0.468 e. The molecule has 1 atom stereocenters. The van der Waals surface area contributed by atoms with Crippen molar-refractivity contribution in [2.75, 3.05) is 0 Å². The molecular weight excluding hydrogens is 194 g/mol. The zero-order chi connectivity index (χ0) is 10.7. The number of aryl methyl sites for hydroxylation is 1. The van der Waals surface area contributed by atoms with Crippen LogP contribution in [0, 0.1) is 6.92 Å². The molecule has 0 amide bonds. The zero-order valence-corrected chi connectivity index (χ0v) is 8.73. The molecule has 2 heterocycles. The van der Waals surface area contributed by atoms with Gasteiger partial charge in [-0.1, -0.05) is 10.3 Å². The lowest BCUT2D eigenvalue weighted by Gasteiger charge is -2.09. The molecule has 0 aliphatic heterocycles. The van der Waals surface area contributed by atoms with Crippen LogP contribution in [0.1, 0.15) is 30.1 Å². The Morgan fingerprint density at radius 1 is 1.47 bits per heavy atom. The third-order valence-electron chi connectivity index (χ3n) is 2.29. The van der Waals surface area contributed by atoms with Gasteiger partial charge in [0.25, 0.3) is 0 Å². The van der Waals surface area contributed by atoms with Gasteiger partial charge in [0.2, 0.25) is 0 Å². The van der Waals surface area contributed by atoms with E-state index in [-0.39, 0.29) is 6.04 Å². The molecule has 2 aromatic heterocycles. The number of hydrogen-bond donors (Lipinski definition) is 1. The molecule has 0 spiro atoms. The van der Waals surface area contributed by atoms with Gasteiger partial charge in [-0.15, -0.1) is 0 Å². The van der Waals surface area contributed by atoms with Crippen LogP contribution in [0.3, 0.4) is 0 Å². The summed E-state index contributed by atoms with van der Waals surface area (Å²) in [4.78, 5) is 0. The van der Waals surface area contributed by atoms with E-state index in [1.165, 1.54) is 0 Å². The van der Waals surface area contributed by atoms with Crippen molar-refractivity contribution in [3.63, 3.8) is 0 Å². The molecule has 0 fully saturated rings. The van der Waals surface area contributed by atoms with Crippen LogP contribution in [0.4, 0.5) is 0 Å². The van der Waals surface area contributed by atoms with Gasteiger partial charge in [0.15, 0.2) is 0 Å². The number of hydrogen-bond acceptors (Lipinski definition) is 5. The molecule has 0 bridgehead atoms. The number of nitrogens with one attached hydrogen (secondary N) is 1. The number of furan rings is 1. The topological polar surface area (TPSA) is 64.1 Å². The summed E-state index contributed by atoms with van der Waals surface area (Å²) in [6.07, 6.45) is 1.66. The molecule has 5 heteroatoms. The van der Waals surface area contributed by atoms with Crippen molar-refractivity contribution in [2.24, 2.45) is 0 Å². The van der Waals surface area contributed by atoms with Crippen LogP contribution >= 0.6 is 0 Å². The highest BCUT2D eigenvalue weighted by molar-refractivity contribution is 5.06. The van der Waals surface area contributed by atoms with Crippen LogP contribution in [0.15, 0.2) is 27.4 Å². The van der Waals surface area contributed by atoms with E-state index in [0.717, 1.165) is 17.1 Å². The first-order valence-corrected chi connectivity index (χ1v) is 4.82. The second-order valence-electron chi connectivity index (χ2n) is 3.41. The van der Waals surface area contributed by atoms with Crippen LogP contribution < -0.4 is 5.32 Å². The molecule has 0 saturated carbocycles. The van der Waals surface area contributed by atoms with E-state index in [9.17, 15) is 0 Å². The molecule has 0 radical (unpaired) electrons. The van der Waals surface area contributed by atoms with E-state index < -0.39 is 0 Å². The Bertz CT molecular complexity index is 408. The number of aromatic nitrogens is 2. The Labute approximate surface area is 87.4 Å². The molecule has 2 rings (SSSR count). The highest BCUT2D eigenvalue weighted by Crippen LogP contribution is 2.13. The Balaban J connectivity index is 1.91. The minimum absolute atomic E-state index is 0.149. The summed E-state index contributed by atoms with van der Waals surface area (Å²) in [5.74, 6) is 0.907. The normalized spacial score (nSPS) is 12.9. The summed E-state index contributed by atoms with van der Waals surface area (Å²) in [5.41, 5.74) is 1.64. The molecule has 1 unspecified atom stereocenters. The fourth-order valence-electron chi connectivity index (χ4n) is 1.30. The molecule has 0 aromatic carbocycles. The standard InChI is InChI=1S/C10H13N3O2/c1-7-9(13-15-12-7)6-11-8(2)10-4-3-5-14-10/h3-5,8,11H,6H2,1-2H3. The quantitative estimate of drug-likeness (QED) is 0.828. The maximum Gasteiger partial charge on any atom is 0.121 e. The van der Waals surface area contributed by atoms with Gasteiger partial charge in [0.1, 0.15) is 17.1 Å². The highest BCUT2D eigenvalue weighted by atomic mass is 16.6. The van der Waals surface area contributed by atoms with Crippen molar-refractivity contribution < 1.29 is 9.05 Å². The first-order chi connectivity index (χ1) is 7.27. The smallest absolute Gasteiger partial charge is 0.121 e. The summed E-state index contributed by atoms with van der Waals surface area (Å²) in [7, 11) is 0. The fraction of sp³-hybridized carbons (Fsp3) is 0.400. The van der Waals surface area contributed by atoms with Crippen LogP contribution in [0.25, 0.3) is 0 Å². The maximum absolute atomic E-state index is 5.27. The zero-order valence-electron chi connectivity index (χ0n) is 8.73. The lowest BCUT2D eigenvalue weighted by atomic mass is 10.2. The van der Waals surface area contributed by atoms with Gasteiger partial charge >= 0.3 is 0 Å². The molecular formula is C10H13N3O2. The van der Waals surface area contributed by atoms with Gasteiger partial charge < -0.3 is 9.73 Å². The number of rotatable bonds is 4. The SMILES string of the molecule is Cc1nonc1CNC(C)c1ccco1. The van der Waals surface area contributed by atoms with Crippen LogP contribution in [-0.4, -0.2) is 10.3 Å². The maximum atomic E-state index is 5.27. The molecule has 80 valence electrons. The summed E-state index contributed by atoms with van der Waals surface area (Å²) in [6, 6.07) is 3.96. The van der Waals surface area contributed by atoms with E-state index in [2.05, 4.69) is 20.3 Å². The minimum atomic E-state index is 0.149. The van der Waals surface area contributed by atoms with E-state index in [1.54, 1.807) is 6.26 Å². The van der Waals surface area contributed by atoms with Gasteiger partial charge in [-0.3, -0.25) is 0 Å². The summed E-state index contributed by atoms with van der Waals surface area (Å²) in [5, 5.41) is 10.8. The summed E-state index contributed by atoms with van der Waals surface area (Å²) in [6.45, 7) is 4.52. The highest BCUT2D eigenvalue weighted by Gasteiger charge is 2.10. The van der Waals surface area contributed by atoms with Gasteiger partial charge in [-0.2, -0.15) is 0 Å². The third-order valence-corrected chi connectivity index (χ3v) is 2.29. The molecule has 0 aliphatic rings. The van der Waals surface area contributed by atoms with E-state index in [4.69, 9.17) is 4.42 Å². The summed E-state index contributed by atoms with van der Waals surface area (Å²) < 4.78 is 9.88. The Hall–Kier alpha value is -1.62. The van der Waals surface area contributed by atoms with Crippen molar-refractivity contribution in [3.8, 4) is 0 Å². The molecule has 0 saturated heterocycles. The predicted octanol–water partition coefficient (Wildman–Crippen LogP) is 1.82. The monoisotopic (exact) mass is 207 g/mol. The van der Waals surface area contributed by atoms with E-state index in [0.29, 0.717) is 6.54 Å². The van der Waals surface area contributed by atoms with Crippen LogP contribution in [0.5, 0.6) is 0 Å². The Kier molecular flexibility index (Phi) is 2.82. The van der Waals surface area contributed by atoms with E-state index >= 15 is 0 Å². The van der Waals surface area contributed by atoms with Gasteiger partial charge in [-0.25, -0.2) is 4.63 Å². The van der Waals surface area contributed by atoms with Crippen molar-refractivity contribution in [3.05, 3.63) is 35.5 Å². The first-order valence-electron chi connectivity index (χ1n) is 4.82. The third kappa shape index (κ3) is 2.24. The second-order valence-corrected chi connectivity index (χ2v) is 3.41. The van der Waals surface area contributed by atoms with Crippen molar-refractivity contribution in [2.45, 2.75) is 26.4 Å². The van der Waals surface area contributed by atoms with Crippen LogP contribution in [0.2, 0.25) is 0 Å². The summed E-state index contributed by atoms with van der Waals surface area (Å²) >= 11 is 0. The average Bonchev–Trinajstić information content (AvgIpc) is 2.85. The number of nitrogens with zero attached hydrogens (tertiary/aromatic N) is 2. The molecule has 15 heavy (non-hydrogen) atoms. The molecule has 5 nitrogen and oxygen atoms in total. The molecule has 1 N–H and O–H groups in total. The second kappa shape index (κ2) is 4.27. The van der Waals surface area contributed by atoms with Gasteiger partial charge in [0, 0.05) is 6.54 Å². The van der Waals surface area contributed by atoms with Crippen molar-refractivity contribution in [1.82, 2.24) is 15.6 Å². The van der Waals surface area contributed by atoms with Crippen molar-refractivity contribution in [1.29, 1.82) is 0 Å². The van der Waals surface area contributed by atoms with Crippen molar-refractivity contribution >= 4 is 0 Å². The molecule has 2 aromatic rings. The minimum Gasteiger partial charge on any atom is -0.468 e. The van der Waals surface area contributed by atoms with Gasteiger partial charge in [0.05, 0.1) is 12.3 Å². The van der Waals surface area contributed by atoms with Gasteiger partial charge in [-0.05, 0) is 26.0 Å². The lowest BCUT2D eigenvalue weighted by molar-refractivity contribution is 0.299. The Morgan fingerprint density at radius 2 is 2.33 bits per heavy atom. The lowest BCUT2D eigenvalue weighted by Crippen LogP contribution is -2.18. The predicted molar refractivity (Wildman–Crippen MR) is 53.0 cm³/mol. The molecule has 0 aliphatic carbocycles. The Morgan fingerprint density at radius 3 is 2.93 bits per heavy atom.